The van der Waals surface area contributed by atoms with Crippen LogP contribution in [-0.2, 0) is 9.53 Å². The first kappa shape index (κ1) is 31.7. The molecule has 0 saturated carbocycles. The largest absolute Gasteiger partial charge is 0.492 e. The van der Waals surface area contributed by atoms with Gasteiger partial charge in [-0.3, -0.25) is 10.1 Å². The fourth-order valence-electron chi connectivity index (χ4n) is 5.38. The summed E-state index contributed by atoms with van der Waals surface area (Å²) >= 11 is 6.64. The van der Waals surface area contributed by atoms with Gasteiger partial charge in [-0.05, 0) is 77.5 Å². The number of carbonyl (C=O) groups excluding carboxylic acids is 1. The molecule has 2 aliphatic rings. The van der Waals surface area contributed by atoms with Crippen molar-refractivity contribution in [3.8, 4) is 17.6 Å². The monoisotopic (exact) mass is 598 g/mol. The van der Waals surface area contributed by atoms with Gasteiger partial charge < -0.3 is 35.1 Å². The first-order chi connectivity index (χ1) is 20.3. The predicted octanol–water partition coefficient (Wildman–Crippen LogP) is 5.23. The number of nitrogens with one attached hydrogen (secondary N) is 4. The van der Waals surface area contributed by atoms with Gasteiger partial charge in [0.15, 0.2) is 0 Å². The minimum absolute atomic E-state index is 0.0527. The molecule has 2 aromatic rings. The Morgan fingerprint density at radius 1 is 1.19 bits per heavy atom. The van der Waals surface area contributed by atoms with Gasteiger partial charge in [-0.2, -0.15) is 5.26 Å². The van der Waals surface area contributed by atoms with Crippen LogP contribution in [0.15, 0.2) is 30.3 Å². The van der Waals surface area contributed by atoms with Crippen LogP contribution in [0.3, 0.4) is 0 Å². The lowest BCUT2D eigenvalue weighted by atomic mass is 9.88. The zero-order valence-electron chi connectivity index (χ0n) is 25.0. The van der Waals surface area contributed by atoms with E-state index < -0.39 is 0 Å². The fourth-order valence-corrected chi connectivity index (χ4v) is 5.61. The first-order valence-corrected chi connectivity index (χ1v) is 15.1. The Kier molecular flexibility index (Phi) is 11.5. The van der Waals surface area contributed by atoms with Gasteiger partial charge in [0.25, 0.3) is 0 Å². The summed E-state index contributed by atoms with van der Waals surface area (Å²) < 4.78 is 17.4. The molecule has 4 N–H and O–H groups in total. The summed E-state index contributed by atoms with van der Waals surface area (Å²) in [5, 5.41) is 23.8. The van der Waals surface area contributed by atoms with Crippen LogP contribution in [0.25, 0.3) is 0 Å². The standard InChI is InChI=1S/C31H43ClN6O4/c1-5-41-28-16-25-23(15-26(28)37-29(39)9-7-13-38(2)3)31(20(17-33)18-34-25)36-21-11-12-27(24(32)14-21)42-19-22-8-6-10-30(35-22)40-4/h11-12,14-16,20,22,30-31,34-36H,5-10,13,18-19H2,1-4H3,(H,37,39). The van der Waals surface area contributed by atoms with Gasteiger partial charge in [0, 0.05) is 49.1 Å². The van der Waals surface area contributed by atoms with Crippen LogP contribution in [0, 0.1) is 17.2 Å². The van der Waals surface area contributed by atoms with Gasteiger partial charge in [-0.25, -0.2) is 0 Å². The lowest BCUT2D eigenvalue weighted by Gasteiger charge is -2.33. The van der Waals surface area contributed by atoms with Gasteiger partial charge >= 0.3 is 0 Å². The molecule has 2 aliphatic heterocycles. The van der Waals surface area contributed by atoms with E-state index in [1.165, 1.54) is 0 Å². The zero-order chi connectivity index (χ0) is 30.1. The van der Waals surface area contributed by atoms with Gasteiger partial charge in [0.1, 0.15) is 24.3 Å². The SMILES string of the molecule is CCOc1cc2c(cc1NC(=O)CCCN(C)C)C(Nc1ccc(OCC3CCCC(OC)N3)c(Cl)c1)C(C#N)CN2. The number of hydrogen-bond acceptors (Lipinski definition) is 9. The Labute approximate surface area is 254 Å². The summed E-state index contributed by atoms with van der Waals surface area (Å²) in [6.45, 7) is 4.16. The Morgan fingerprint density at radius 2 is 2.02 bits per heavy atom. The normalized spacial score (nSPS) is 21.5. The third-order valence-corrected chi connectivity index (χ3v) is 7.86. The first-order valence-electron chi connectivity index (χ1n) is 14.7. The molecule has 1 amide bonds. The lowest BCUT2D eigenvalue weighted by Crippen LogP contribution is -2.46. The molecule has 0 spiro atoms. The number of piperidine rings is 1. The third kappa shape index (κ3) is 8.42. The van der Waals surface area contributed by atoms with Crippen LogP contribution in [0.1, 0.15) is 50.6 Å². The van der Waals surface area contributed by atoms with Crippen molar-refractivity contribution in [2.24, 2.45) is 5.92 Å². The van der Waals surface area contributed by atoms with Crippen LogP contribution >= 0.6 is 11.6 Å². The van der Waals surface area contributed by atoms with E-state index in [1.807, 2.05) is 51.4 Å². The molecule has 228 valence electrons. The Morgan fingerprint density at radius 3 is 2.74 bits per heavy atom. The van der Waals surface area contributed by atoms with Crippen molar-refractivity contribution in [1.29, 1.82) is 5.26 Å². The van der Waals surface area contributed by atoms with Crippen molar-refractivity contribution in [2.75, 3.05) is 63.5 Å². The van der Waals surface area contributed by atoms with E-state index in [-0.39, 0.29) is 30.1 Å². The summed E-state index contributed by atoms with van der Waals surface area (Å²) in [5.41, 5.74) is 3.08. The molecule has 0 radical (unpaired) electrons. The Hall–Kier alpha value is -3.23. The zero-order valence-corrected chi connectivity index (χ0v) is 25.7. The molecule has 4 rings (SSSR count). The lowest BCUT2D eigenvalue weighted by molar-refractivity contribution is -0.116. The summed E-state index contributed by atoms with van der Waals surface area (Å²) in [5.74, 6) is 0.755. The average molecular weight is 599 g/mol. The van der Waals surface area contributed by atoms with E-state index in [4.69, 9.17) is 25.8 Å². The minimum atomic E-state index is -0.361. The number of fused-ring (bicyclic) bond motifs is 1. The fraction of sp³-hybridized carbons (Fsp3) is 0.548. The van der Waals surface area contributed by atoms with E-state index >= 15 is 0 Å². The van der Waals surface area contributed by atoms with Crippen molar-refractivity contribution < 1.29 is 19.0 Å². The number of halogens is 1. The van der Waals surface area contributed by atoms with Crippen molar-refractivity contribution in [3.05, 3.63) is 40.9 Å². The molecule has 2 aromatic carbocycles. The van der Waals surface area contributed by atoms with E-state index in [9.17, 15) is 10.1 Å². The molecule has 1 saturated heterocycles. The summed E-state index contributed by atoms with van der Waals surface area (Å²) in [7, 11) is 5.68. The topological polar surface area (TPSA) is 120 Å². The molecule has 4 atom stereocenters. The Balaban J connectivity index is 1.50. The van der Waals surface area contributed by atoms with Gasteiger partial charge in [-0.1, -0.05) is 11.6 Å². The van der Waals surface area contributed by atoms with Gasteiger partial charge in [-0.15, -0.1) is 0 Å². The van der Waals surface area contributed by atoms with Crippen molar-refractivity contribution in [2.45, 2.75) is 57.3 Å². The number of amides is 1. The number of nitriles is 1. The molecule has 0 aromatic heterocycles. The molecule has 10 nitrogen and oxygen atoms in total. The number of hydrogen-bond donors (Lipinski definition) is 4. The highest BCUT2D eigenvalue weighted by molar-refractivity contribution is 6.32. The molecular formula is C31H43ClN6O4. The van der Waals surface area contributed by atoms with E-state index in [0.29, 0.717) is 48.4 Å². The van der Waals surface area contributed by atoms with E-state index in [0.717, 1.165) is 49.2 Å². The molecule has 0 bridgehead atoms. The van der Waals surface area contributed by atoms with Crippen LogP contribution in [-0.4, -0.2) is 70.6 Å². The third-order valence-electron chi connectivity index (χ3n) is 7.57. The molecule has 1 fully saturated rings. The maximum absolute atomic E-state index is 12.8. The maximum atomic E-state index is 12.8. The number of ether oxygens (including phenoxy) is 3. The second kappa shape index (κ2) is 15.3. The predicted molar refractivity (Wildman–Crippen MR) is 167 cm³/mol. The second-order valence-corrected chi connectivity index (χ2v) is 11.4. The van der Waals surface area contributed by atoms with Crippen LogP contribution in [0.5, 0.6) is 11.5 Å². The summed E-state index contributed by atoms with van der Waals surface area (Å²) in [6, 6.07) is 11.7. The van der Waals surface area contributed by atoms with E-state index in [1.54, 1.807) is 7.11 Å². The highest BCUT2D eigenvalue weighted by Gasteiger charge is 2.31. The minimum Gasteiger partial charge on any atom is -0.492 e. The molecule has 0 aliphatic carbocycles. The van der Waals surface area contributed by atoms with Crippen LogP contribution in [0.2, 0.25) is 5.02 Å². The number of anilines is 3. The summed E-state index contributed by atoms with van der Waals surface area (Å²) in [6.07, 6.45) is 4.30. The smallest absolute Gasteiger partial charge is 0.224 e. The van der Waals surface area contributed by atoms with Crippen molar-refractivity contribution in [3.63, 3.8) is 0 Å². The van der Waals surface area contributed by atoms with Gasteiger partial charge in [0.05, 0.1) is 35.3 Å². The number of rotatable bonds is 13. The molecule has 2 heterocycles. The number of benzene rings is 2. The van der Waals surface area contributed by atoms with Crippen LogP contribution in [0.4, 0.5) is 17.1 Å². The van der Waals surface area contributed by atoms with Crippen molar-refractivity contribution in [1.82, 2.24) is 10.2 Å². The average Bonchev–Trinajstić information content (AvgIpc) is 2.97. The molecular weight excluding hydrogens is 556 g/mol. The number of carbonyl (C=O) groups is 1. The second-order valence-electron chi connectivity index (χ2n) is 11.0. The number of nitrogens with zero attached hydrogens (tertiary/aromatic N) is 2. The highest BCUT2D eigenvalue weighted by atomic mass is 35.5. The van der Waals surface area contributed by atoms with Crippen LogP contribution < -0.4 is 30.7 Å². The highest BCUT2D eigenvalue weighted by Crippen LogP contribution is 2.42. The van der Waals surface area contributed by atoms with Gasteiger partial charge in [0.2, 0.25) is 5.91 Å². The number of methoxy groups -OCH3 is 1. The quantitative estimate of drug-likeness (QED) is 0.246. The molecule has 11 heteroatoms. The summed E-state index contributed by atoms with van der Waals surface area (Å²) in [4.78, 5) is 14.8. The maximum Gasteiger partial charge on any atom is 0.224 e. The molecule has 4 unspecified atom stereocenters. The van der Waals surface area contributed by atoms with E-state index in [2.05, 4.69) is 32.2 Å². The van der Waals surface area contributed by atoms with Crippen molar-refractivity contribution >= 4 is 34.6 Å². The Bertz CT molecular complexity index is 1250. The molecule has 42 heavy (non-hydrogen) atoms.